The minimum Gasteiger partial charge on any atom is -0.489 e. The Hall–Kier alpha value is -4.11. The zero-order valence-corrected chi connectivity index (χ0v) is 24.4. The number of rotatable bonds is 8. The molecule has 1 N–H and O–H groups in total. The van der Waals surface area contributed by atoms with Crippen LogP contribution in [0.3, 0.4) is 0 Å². The van der Waals surface area contributed by atoms with Crippen molar-refractivity contribution >= 4 is 68.7 Å². The number of ether oxygens (including phenoxy) is 2. The SMILES string of the molecule is O=C1NC(=O)N(c2ccc(OCc3ccccc3)cc2)C(=O)/C1=C/c1ccc(OCc2ccc(Cl)c(Cl)c2)c(Br)c1. The molecule has 206 valence electrons. The number of imide groups is 2. The first-order chi connectivity index (χ1) is 19.8. The summed E-state index contributed by atoms with van der Waals surface area (Å²) >= 11 is 15.5. The minimum absolute atomic E-state index is 0.189. The summed E-state index contributed by atoms with van der Waals surface area (Å²) in [4.78, 5) is 39.4. The van der Waals surface area contributed by atoms with Crippen LogP contribution in [0.25, 0.3) is 6.08 Å². The first-order valence-corrected chi connectivity index (χ1v) is 13.9. The topological polar surface area (TPSA) is 84.9 Å². The highest BCUT2D eigenvalue weighted by Crippen LogP contribution is 2.30. The Balaban J connectivity index is 1.29. The van der Waals surface area contributed by atoms with E-state index in [0.29, 0.717) is 43.9 Å². The molecule has 0 aliphatic carbocycles. The molecule has 1 fully saturated rings. The van der Waals surface area contributed by atoms with E-state index in [4.69, 9.17) is 32.7 Å². The van der Waals surface area contributed by atoms with Crippen LogP contribution in [0.5, 0.6) is 11.5 Å². The maximum Gasteiger partial charge on any atom is 0.335 e. The van der Waals surface area contributed by atoms with E-state index < -0.39 is 17.8 Å². The van der Waals surface area contributed by atoms with Crippen LogP contribution in [-0.2, 0) is 22.8 Å². The number of barbiturate groups is 1. The number of nitrogens with one attached hydrogen (secondary N) is 1. The fraction of sp³-hybridized carbons (Fsp3) is 0.0645. The van der Waals surface area contributed by atoms with Crippen molar-refractivity contribution in [3.8, 4) is 11.5 Å². The maximum atomic E-state index is 13.3. The molecule has 0 atom stereocenters. The van der Waals surface area contributed by atoms with E-state index in [9.17, 15) is 14.4 Å². The van der Waals surface area contributed by atoms with E-state index in [1.165, 1.54) is 6.08 Å². The van der Waals surface area contributed by atoms with Crippen molar-refractivity contribution in [3.05, 3.63) is 128 Å². The van der Waals surface area contributed by atoms with Gasteiger partial charge in [-0.2, -0.15) is 0 Å². The number of nitrogens with zero attached hydrogens (tertiary/aromatic N) is 1. The third-order valence-electron chi connectivity index (χ3n) is 6.09. The van der Waals surface area contributed by atoms with Crippen molar-refractivity contribution < 1.29 is 23.9 Å². The van der Waals surface area contributed by atoms with Crippen LogP contribution in [-0.4, -0.2) is 17.8 Å². The molecule has 1 aliphatic rings. The van der Waals surface area contributed by atoms with Gasteiger partial charge in [0.1, 0.15) is 30.3 Å². The van der Waals surface area contributed by atoms with E-state index >= 15 is 0 Å². The summed E-state index contributed by atoms with van der Waals surface area (Å²) in [5, 5.41) is 3.13. The van der Waals surface area contributed by atoms with Crippen molar-refractivity contribution in [3.63, 3.8) is 0 Å². The lowest BCUT2D eigenvalue weighted by atomic mass is 10.1. The molecule has 4 aromatic carbocycles. The molecule has 1 aliphatic heterocycles. The molecule has 1 saturated heterocycles. The number of carbonyl (C=O) groups is 3. The van der Waals surface area contributed by atoms with Gasteiger partial charge in [0.25, 0.3) is 11.8 Å². The fourth-order valence-corrected chi connectivity index (χ4v) is 4.84. The average Bonchev–Trinajstić information content (AvgIpc) is 2.96. The van der Waals surface area contributed by atoms with E-state index in [1.807, 2.05) is 36.4 Å². The largest absolute Gasteiger partial charge is 0.489 e. The van der Waals surface area contributed by atoms with Gasteiger partial charge < -0.3 is 9.47 Å². The monoisotopic (exact) mass is 650 g/mol. The van der Waals surface area contributed by atoms with Gasteiger partial charge in [-0.15, -0.1) is 0 Å². The number of amides is 4. The fourth-order valence-electron chi connectivity index (χ4n) is 4.01. The number of urea groups is 1. The Kier molecular flexibility index (Phi) is 8.73. The van der Waals surface area contributed by atoms with Gasteiger partial charge >= 0.3 is 6.03 Å². The van der Waals surface area contributed by atoms with E-state index in [-0.39, 0.29) is 12.2 Å². The van der Waals surface area contributed by atoms with Gasteiger partial charge in [0.05, 0.1) is 20.2 Å². The molecule has 7 nitrogen and oxygen atoms in total. The average molecular weight is 652 g/mol. The predicted molar refractivity (Wildman–Crippen MR) is 161 cm³/mol. The van der Waals surface area contributed by atoms with Crippen molar-refractivity contribution in [1.82, 2.24) is 5.32 Å². The number of anilines is 1. The summed E-state index contributed by atoms with van der Waals surface area (Å²) in [5.41, 5.74) is 2.50. The summed E-state index contributed by atoms with van der Waals surface area (Å²) in [6.07, 6.45) is 1.42. The van der Waals surface area contributed by atoms with Crippen molar-refractivity contribution in [1.29, 1.82) is 0 Å². The van der Waals surface area contributed by atoms with Gasteiger partial charge in [0.15, 0.2) is 0 Å². The zero-order valence-electron chi connectivity index (χ0n) is 21.3. The summed E-state index contributed by atoms with van der Waals surface area (Å²) in [7, 11) is 0. The van der Waals surface area contributed by atoms with E-state index in [0.717, 1.165) is 16.0 Å². The van der Waals surface area contributed by atoms with Gasteiger partial charge in [-0.3, -0.25) is 14.9 Å². The second kappa shape index (κ2) is 12.6. The Bertz CT molecular complexity index is 1660. The van der Waals surface area contributed by atoms with E-state index in [2.05, 4.69) is 21.2 Å². The second-order valence-corrected chi connectivity index (χ2v) is 10.6. The highest BCUT2D eigenvalue weighted by atomic mass is 79.9. The molecule has 0 saturated carbocycles. The zero-order chi connectivity index (χ0) is 28.9. The van der Waals surface area contributed by atoms with Crippen molar-refractivity contribution in [2.75, 3.05) is 4.90 Å². The molecule has 41 heavy (non-hydrogen) atoms. The Morgan fingerprint density at radius 3 is 2.22 bits per heavy atom. The van der Waals surface area contributed by atoms with Crippen molar-refractivity contribution in [2.24, 2.45) is 0 Å². The standard InChI is InChI=1S/C31H21BrCl2N2O5/c32-25-15-20(7-13-28(25)41-18-21-6-12-26(33)27(34)16-21)14-24-29(37)35-31(39)36(30(24)38)22-8-10-23(11-9-22)40-17-19-4-2-1-3-5-19/h1-16H,17-18H2,(H,35,37,39)/b24-14+. The highest BCUT2D eigenvalue weighted by molar-refractivity contribution is 9.10. The molecule has 0 aromatic heterocycles. The quantitative estimate of drug-likeness (QED) is 0.157. The second-order valence-electron chi connectivity index (χ2n) is 8.95. The third kappa shape index (κ3) is 6.79. The van der Waals surface area contributed by atoms with Gasteiger partial charge in [0.2, 0.25) is 0 Å². The minimum atomic E-state index is -0.831. The first-order valence-electron chi connectivity index (χ1n) is 12.3. The van der Waals surface area contributed by atoms with E-state index in [1.54, 1.807) is 54.6 Å². The highest BCUT2D eigenvalue weighted by Gasteiger charge is 2.36. The third-order valence-corrected chi connectivity index (χ3v) is 7.45. The lowest BCUT2D eigenvalue weighted by Gasteiger charge is -2.26. The smallest absolute Gasteiger partial charge is 0.335 e. The first kappa shape index (κ1) is 28.4. The Morgan fingerprint density at radius 2 is 1.51 bits per heavy atom. The van der Waals surface area contributed by atoms with Crippen LogP contribution in [0.2, 0.25) is 10.0 Å². The molecule has 0 radical (unpaired) electrons. The summed E-state index contributed by atoms with van der Waals surface area (Å²) in [6, 6.07) is 25.7. The van der Waals surface area contributed by atoms with Crippen LogP contribution < -0.4 is 19.7 Å². The molecule has 5 rings (SSSR count). The molecule has 0 bridgehead atoms. The predicted octanol–water partition coefficient (Wildman–Crippen LogP) is 7.58. The van der Waals surface area contributed by atoms with Gasteiger partial charge in [-0.25, -0.2) is 9.69 Å². The summed E-state index contributed by atoms with van der Waals surface area (Å²) in [6.45, 7) is 0.629. The van der Waals surface area contributed by atoms with Gasteiger partial charge in [0, 0.05) is 0 Å². The van der Waals surface area contributed by atoms with Crippen LogP contribution in [0, 0.1) is 0 Å². The number of hydrogen-bond donors (Lipinski definition) is 1. The molecule has 0 spiro atoms. The number of carbonyl (C=O) groups excluding carboxylic acids is 3. The molecule has 1 heterocycles. The summed E-state index contributed by atoms with van der Waals surface area (Å²) in [5.74, 6) is -0.410. The van der Waals surface area contributed by atoms with Crippen LogP contribution in [0.1, 0.15) is 16.7 Å². The molecule has 4 amide bonds. The number of hydrogen-bond acceptors (Lipinski definition) is 5. The van der Waals surface area contributed by atoms with Gasteiger partial charge in [-0.05, 0) is 87.2 Å². The number of halogens is 3. The van der Waals surface area contributed by atoms with Gasteiger partial charge in [-0.1, -0.05) is 65.7 Å². The van der Waals surface area contributed by atoms with Crippen molar-refractivity contribution in [2.45, 2.75) is 13.2 Å². The Labute approximate surface area is 254 Å². The molecular formula is C31H21BrCl2N2O5. The van der Waals surface area contributed by atoms with Crippen LogP contribution >= 0.6 is 39.1 Å². The molecule has 0 unspecified atom stereocenters. The molecule has 4 aromatic rings. The van der Waals surface area contributed by atoms with Crippen LogP contribution in [0.15, 0.2) is 101 Å². The number of benzene rings is 4. The maximum absolute atomic E-state index is 13.3. The van der Waals surface area contributed by atoms with Crippen LogP contribution in [0.4, 0.5) is 10.5 Å². The normalized spacial score (nSPS) is 14.3. The lowest BCUT2D eigenvalue weighted by Crippen LogP contribution is -2.54. The molecular weight excluding hydrogens is 631 g/mol. The Morgan fingerprint density at radius 1 is 0.780 bits per heavy atom. The lowest BCUT2D eigenvalue weighted by molar-refractivity contribution is -0.122. The molecule has 10 heteroatoms. The summed E-state index contributed by atoms with van der Waals surface area (Å²) < 4.78 is 12.3.